The number of thioether (sulfide) groups is 1. The first-order valence-corrected chi connectivity index (χ1v) is 12.9. The van der Waals surface area contributed by atoms with Gasteiger partial charge in [0.1, 0.15) is 11.4 Å². The van der Waals surface area contributed by atoms with Crippen LogP contribution in [-0.2, 0) is 9.59 Å². The van der Waals surface area contributed by atoms with E-state index < -0.39 is 18.0 Å². The molecule has 0 unspecified atom stereocenters. The van der Waals surface area contributed by atoms with Gasteiger partial charge in [-0.15, -0.1) is 23.1 Å². The largest absolute Gasteiger partial charge is 0.477 e. The monoisotopic (exact) mass is 493 g/mol. The van der Waals surface area contributed by atoms with Crippen LogP contribution in [0.25, 0.3) is 0 Å². The van der Waals surface area contributed by atoms with E-state index in [1.54, 1.807) is 12.3 Å². The zero-order valence-corrected chi connectivity index (χ0v) is 20.1. The Morgan fingerprint density at radius 2 is 2.00 bits per heavy atom. The number of aromatic nitrogens is 1. The lowest BCUT2D eigenvalue weighted by atomic mass is 9.79. The third-order valence-corrected chi connectivity index (χ3v) is 9.19. The summed E-state index contributed by atoms with van der Waals surface area (Å²) in [4.78, 5) is 47.6. The maximum absolute atomic E-state index is 12.6. The molecular formula is C21H27N5O5S2. The first-order valence-electron chi connectivity index (χ1n) is 11.1. The second-order valence-corrected chi connectivity index (χ2v) is 11.2. The van der Waals surface area contributed by atoms with Gasteiger partial charge in [-0.25, -0.2) is 9.78 Å². The molecule has 3 fully saturated rings. The van der Waals surface area contributed by atoms with Crippen LogP contribution in [0.1, 0.15) is 24.3 Å². The van der Waals surface area contributed by atoms with Crippen molar-refractivity contribution < 1.29 is 24.6 Å². The number of anilines is 1. The number of carboxylic acid groups (broad SMARTS) is 1. The summed E-state index contributed by atoms with van der Waals surface area (Å²) >= 11 is 2.96. The highest BCUT2D eigenvalue weighted by molar-refractivity contribution is 8.03. The molecule has 0 aromatic carbocycles. The highest BCUT2D eigenvalue weighted by Crippen LogP contribution is 2.52. The lowest BCUT2D eigenvalue weighted by molar-refractivity contribution is -0.163. The van der Waals surface area contributed by atoms with Gasteiger partial charge in [0.25, 0.3) is 5.91 Å². The van der Waals surface area contributed by atoms with Crippen molar-refractivity contribution in [1.82, 2.24) is 20.1 Å². The van der Waals surface area contributed by atoms with E-state index in [9.17, 15) is 24.6 Å². The van der Waals surface area contributed by atoms with Gasteiger partial charge in [-0.2, -0.15) is 0 Å². The molecule has 4 aliphatic heterocycles. The Hall–Kier alpha value is -2.15. The molecule has 0 saturated carbocycles. The van der Waals surface area contributed by atoms with Crippen LogP contribution in [0.4, 0.5) is 5.13 Å². The molecule has 12 heteroatoms. The predicted octanol–water partition coefficient (Wildman–Crippen LogP) is 0.264. The molecule has 10 nitrogen and oxygen atoms in total. The topological polar surface area (TPSA) is 126 Å². The van der Waals surface area contributed by atoms with Gasteiger partial charge in [0.15, 0.2) is 5.13 Å². The highest BCUT2D eigenvalue weighted by atomic mass is 32.2. The summed E-state index contributed by atoms with van der Waals surface area (Å²) in [5.41, 5.74) is 0.538. The smallest absolute Gasteiger partial charge is 0.353 e. The molecule has 3 N–H and O–H groups in total. The first-order chi connectivity index (χ1) is 15.8. The quantitative estimate of drug-likeness (QED) is 0.479. The Labute approximate surface area is 199 Å². The average Bonchev–Trinajstić information content (AvgIpc) is 3.32. The number of thiazole rings is 1. The number of piperazine rings is 1. The minimum atomic E-state index is -1.10. The number of β-lactam (4-membered cyclic amide) rings is 1. The molecule has 5 rings (SSSR count). The van der Waals surface area contributed by atoms with Crippen molar-refractivity contribution in [1.29, 1.82) is 0 Å². The highest BCUT2D eigenvalue weighted by Gasteiger charge is 2.60. The van der Waals surface area contributed by atoms with E-state index >= 15 is 0 Å². The number of aliphatic hydroxyl groups excluding tert-OH is 1. The molecule has 0 aliphatic carbocycles. The number of fused-ring (bicyclic) bond motifs is 1. The molecular weight excluding hydrogens is 466 g/mol. The predicted molar refractivity (Wildman–Crippen MR) is 124 cm³/mol. The number of rotatable bonds is 6. The molecule has 4 aliphatic rings. The van der Waals surface area contributed by atoms with E-state index in [-0.39, 0.29) is 34.7 Å². The Morgan fingerprint density at radius 1 is 1.30 bits per heavy atom. The van der Waals surface area contributed by atoms with Gasteiger partial charge in [-0.3, -0.25) is 9.59 Å². The third-order valence-electron chi connectivity index (χ3n) is 6.84. The average molecular weight is 494 g/mol. The minimum Gasteiger partial charge on any atom is -0.477 e. The normalized spacial score (nSPS) is 28.5. The van der Waals surface area contributed by atoms with Gasteiger partial charge < -0.3 is 30.2 Å². The summed E-state index contributed by atoms with van der Waals surface area (Å²) in [5, 5.41) is 25.8. The van der Waals surface area contributed by atoms with Gasteiger partial charge >= 0.3 is 5.97 Å². The Morgan fingerprint density at radius 3 is 2.64 bits per heavy atom. The van der Waals surface area contributed by atoms with Crippen molar-refractivity contribution in [3.05, 3.63) is 21.7 Å². The molecule has 4 atom stereocenters. The van der Waals surface area contributed by atoms with Crippen LogP contribution in [0, 0.1) is 11.8 Å². The van der Waals surface area contributed by atoms with E-state index in [4.69, 9.17) is 0 Å². The van der Waals surface area contributed by atoms with E-state index in [1.807, 2.05) is 11.8 Å². The molecule has 2 amide bonds. The number of nitrogens with one attached hydrogen (secondary N) is 1. The zero-order valence-electron chi connectivity index (χ0n) is 18.4. The number of carboxylic acids is 1. The lowest BCUT2D eigenvalue weighted by Crippen LogP contribution is -2.63. The second kappa shape index (κ2) is 8.57. The number of hydrogen-bond acceptors (Lipinski definition) is 9. The number of aliphatic carboxylic acids is 1. The molecule has 0 radical (unpaired) electrons. The Bertz CT molecular complexity index is 1010. The van der Waals surface area contributed by atoms with Gasteiger partial charge in [0, 0.05) is 60.7 Å². The second-order valence-electron chi connectivity index (χ2n) is 8.97. The summed E-state index contributed by atoms with van der Waals surface area (Å²) in [6, 6.07) is -0.292. The van der Waals surface area contributed by atoms with Crippen molar-refractivity contribution in [2.75, 3.05) is 44.2 Å². The SMILES string of the molecule is C[C@@H](O)[C@H]1C(=O)N2C(C(=O)O)=C(SC3CN(c4nc(C(=O)N5CCNCC5)cs4)C3)[C@H](C)[C@H]12. The van der Waals surface area contributed by atoms with Crippen molar-refractivity contribution >= 4 is 46.0 Å². The van der Waals surface area contributed by atoms with Crippen molar-refractivity contribution in [2.24, 2.45) is 11.8 Å². The molecule has 0 spiro atoms. The maximum Gasteiger partial charge on any atom is 0.353 e. The molecule has 1 aromatic rings. The lowest BCUT2D eigenvalue weighted by Gasteiger charge is -2.46. The molecule has 3 saturated heterocycles. The summed E-state index contributed by atoms with van der Waals surface area (Å²) in [7, 11) is 0. The molecule has 33 heavy (non-hydrogen) atoms. The molecule has 0 bridgehead atoms. The summed E-state index contributed by atoms with van der Waals surface area (Å²) in [6.07, 6.45) is -0.803. The van der Waals surface area contributed by atoms with Crippen LogP contribution >= 0.6 is 23.1 Å². The summed E-state index contributed by atoms with van der Waals surface area (Å²) < 4.78 is 0. The fourth-order valence-corrected chi connectivity index (χ4v) is 7.40. The first kappa shape index (κ1) is 22.6. The number of carbonyl (C=O) groups is 3. The van der Waals surface area contributed by atoms with Gasteiger partial charge in [0.05, 0.1) is 18.1 Å². The Kier molecular flexibility index (Phi) is 5.88. The number of hydrogen-bond donors (Lipinski definition) is 3. The molecule has 1 aromatic heterocycles. The van der Waals surface area contributed by atoms with Crippen LogP contribution in [0.15, 0.2) is 16.0 Å². The number of aliphatic hydroxyl groups is 1. The fraction of sp³-hybridized carbons (Fsp3) is 0.619. The number of nitrogens with zero attached hydrogens (tertiary/aromatic N) is 4. The van der Waals surface area contributed by atoms with E-state index in [0.29, 0.717) is 36.8 Å². The third kappa shape index (κ3) is 3.72. The van der Waals surface area contributed by atoms with E-state index in [0.717, 1.165) is 18.2 Å². The fourth-order valence-electron chi connectivity index (χ4n) is 5.06. The minimum absolute atomic E-state index is 0.0386. The van der Waals surface area contributed by atoms with Gasteiger partial charge in [0.2, 0.25) is 5.91 Å². The van der Waals surface area contributed by atoms with E-state index in [1.165, 1.54) is 28.0 Å². The van der Waals surface area contributed by atoms with Crippen LogP contribution in [0.5, 0.6) is 0 Å². The summed E-state index contributed by atoms with van der Waals surface area (Å²) in [5.74, 6) is -2.13. The van der Waals surface area contributed by atoms with E-state index in [2.05, 4.69) is 15.2 Å². The van der Waals surface area contributed by atoms with Crippen molar-refractivity contribution in [3.8, 4) is 0 Å². The maximum atomic E-state index is 12.6. The number of carbonyl (C=O) groups excluding carboxylic acids is 2. The summed E-state index contributed by atoms with van der Waals surface area (Å²) in [6.45, 7) is 7.86. The zero-order chi connectivity index (χ0) is 23.4. The van der Waals surface area contributed by atoms with Gasteiger partial charge in [-0.1, -0.05) is 6.92 Å². The molecule has 5 heterocycles. The van der Waals surface area contributed by atoms with Gasteiger partial charge in [-0.05, 0) is 6.92 Å². The van der Waals surface area contributed by atoms with Crippen LogP contribution in [0.2, 0.25) is 0 Å². The van der Waals surface area contributed by atoms with Crippen LogP contribution in [0.3, 0.4) is 0 Å². The standard InChI is InChI=1S/C21H27N5O5S2/c1-10-15-14(11(2)27)19(29)26(15)16(20(30)31)17(10)33-12-7-25(8-12)21-23-13(9-32-21)18(28)24-5-3-22-4-6-24/h9-12,14-15,22,27H,3-8H2,1-2H3,(H,30,31)/t10-,11-,14-,15-/m1/s1. The van der Waals surface area contributed by atoms with Crippen molar-refractivity contribution in [3.63, 3.8) is 0 Å². The van der Waals surface area contributed by atoms with Crippen molar-refractivity contribution in [2.45, 2.75) is 31.2 Å². The number of amides is 2. The molecule has 178 valence electrons. The van der Waals surface area contributed by atoms with Crippen LogP contribution < -0.4 is 10.2 Å². The Balaban J connectivity index is 1.23. The van der Waals surface area contributed by atoms with Crippen LogP contribution in [-0.4, -0.2) is 99.4 Å².